The van der Waals surface area contributed by atoms with Gasteiger partial charge in [0.2, 0.25) is 5.78 Å². The summed E-state index contributed by atoms with van der Waals surface area (Å²) in [5, 5.41) is 0. The van der Waals surface area contributed by atoms with Crippen LogP contribution in [0.4, 0.5) is 0 Å². The monoisotopic (exact) mass is 214 g/mol. The Morgan fingerprint density at radius 3 is 2.60 bits per heavy atom. The Labute approximate surface area is 86.4 Å². The third-order valence-corrected chi connectivity index (χ3v) is 1.38. The minimum atomic E-state index is -0.903. The maximum Gasteiger partial charge on any atom is 0.302 e. The molecule has 0 aromatic carbocycles. The summed E-state index contributed by atoms with van der Waals surface area (Å²) in [4.78, 5) is 40.1. The van der Waals surface area contributed by atoms with Crippen LogP contribution < -0.4 is 0 Å². The number of carbonyl (C=O) groups excluding carboxylic acids is 3. The quantitative estimate of drug-likeness (QED) is 0.108. The molecular formula is C9H10O6. The molecule has 0 spiro atoms. The molecule has 15 heavy (non-hydrogen) atoms. The smallest absolute Gasteiger partial charge is 0.302 e. The zero-order chi connectivity index (χ0) is 11.7. The first-order valence-electron chi connectivity index (χ1n) is 3.98. The topological polar surface area (TPSA) is 78.9 Å². The third-order valence-electron chi connectivity index (χ3n) is 1.38. The Morgan fingerprint density at radius 2 is 2.13 bits per heavy atom. The number of carbonyl (C=O) groups is 3. The fraction of sp³-hybridized carbons (Fsp3) is 0.444. The SMILES string of the molecule is C#COOCC(COC(C)=O)C(=O)C=O. The molecule has 0 amide bonds. The first-order chi connectivity index (χ1) is 7.11. The Bertz CT molecular complexity index is 277. The van der Waals surface area contributed by atoms with Gasteiger partial charge >= 0.3 is 5.97 Å². The van der Waals surface area contributed by atoms with Gasteiger partial charge in [-0.05, 0) is 0 Å². The second-order valence-electron chi connectivity index (χ2n) is 2.51. The van der Waals surface area contributed by atoms with Crippen LogP contribution in [0.5, 0.6) is 0 Å². The number of terminal acetylenes is 1. The van der Waals surface area contributed by atoms with E-state index in [1.165, 1.54) is 6.92 Å². The fourth-order valence-corrected chi connectivity index (χ4v) is 0.677. The highest BCUT2D eigenvalue weighted by molar-refractivity contribution is 6.26. The average molecular weight is 214 g/mol. The van der Waals surface area contributed by atoms with E-state index in [9.17, 15) is 14.4 Å². The molecule has 0 N–H and O–H groups in total. The first-order valence-corrected chi connectivity index (χ1v) is 3.98. The number of hydrogen-bond acceptors (Lipinski definition) is 6. The van der Waals surface area contributed by atoms with Crippen LogP contribution in [-0.4, -0.2) is 31.3 Å². The lowest BCUT2D eigenvalue weighted by Gasteiger charge is -2.10. The number of ketones is 1. The third kappa shape index (κ3) is 6.23. The van der Waals surface area contributed by atoms with E-state index in [2.05, 4.69) is 14.5 Å². The second-order valence-corrected chi connectivity index (χ2v) is 2.51. The van der Waals surface area contributed by atoms with Gasteiger partial charge in [-0.2, -0.15) is 4.89 Å². The van der Waals surface area contributed by atoms with E-state index in [4.69, 9.17) is 6.42 Å². The van der Waals surface area contributed by atoms with Gasteiger partial charge in [-0.1, -0.05) is 6.42 Å². The number of ether oxygens (including phenoxy) is 1. The van der Waals surface area contributed by atoms with Crippen molar-refractivity contribution >= 4 is 18.0 Å². The molecule has 0 aliphatic rings. The molecule has 0 heterocycles. The molecule has 0 bridgehead atoms. The van der Waals surface area contributed by atoms with E-state index in [-0.39, 0.29) is 19.5 Å². The van der Waals surface area contributed by atoms with Gasteiger partial charge in [0.1, 0.15) is 13.2 Å². The van der Waals surface area contributed by atoms with Crippen molar-refractivity contribution in [3.8, 4) is 12.5 Å². The van der Waals surface area contributed by atoms with Crippen molar-refractivity contribution in [2.75, 3.05) is 13.2 Å². The molecule has 0 saturated carbocycles. The summed E-state index contributed by atoms with van der Waals surface area (Å²) in [6.07, 6.45) is 6.54. The predicted octanol–water partition coefficient (Wildman–Crippen LogP) is -0.527. The van der Waals surface area contributed by atoms with Crippen LogP contribution >= 0.6 is 0 Å². The molecule has 1 unspecified atom stereocenters. The van der Waals surface area contributed by atoms with Crippen molar-refractivity contribution in [2.45, 2.75) is 6.92 Å². The summed E-state index contributed by atoms with van der Waals surface area (Å²) in [5.74, 6) is -2.21. The number of esters is 1. The fourth-order valence-electron chi connectivity index (χ4n) is 0.677. The van der Waals surface area contributed by atoms with E-state index < -0.39 is 17.7 Å². The molecule has 0 aromatic rings. The van der Waals surface area contributed by atoms with Crippen molar-refractivity contribution in [1.29, 1.82) is 0 Å². The molecule has 0 fully saturated rings. The summed E-state index contributed by atoms with van der Waals surface area (Å²) in [7, 11) is 0. The second kappa shape index (κ2) is 7.53. The van der Waals surface area contributed by atoms with Crippen LogP contribution in [-0.2, 0) is 28.9 Å². The number of rotatable bonds is 7. The summed E-state index contributed by atoms with van der Waals surface area (Å²) in [6.45, 7) is 0.678. The van der Waals surface area contributed by atoms with Crippen molar-refractivity contribution < 1.29 is 28.9 Å². The summed E-state index contributed by atoms with van der Waals surface area (Å²) >= 11 is 0. The predicted molar refractivity (Wildman–Crippen MR) is 47.1 cm³/mol. The van der Waals surface area contributed by atoms with Gasteiger partial charge in [-0.15, -0.1) is 0 Å². The Kier molecular flexibility index (Phi) is 6.59. The molecule has 0 aromatic heterocycles. The Morgan fingerprint density at radius 1 is 1.47 bits per heavy atom. The van der Waals surface area contributed by atoms with Crippen LogP contribution in [0, 0.1) is 18.4 Å². The van der Waals surface area contributed by atoms with Crippen LogP contribution in [0.2, 0.25) is 0 Å². The first kappa shape index (κ1) is 13.1. The molecule has 6 nitrogen and oxygen atoms in total. The minimum absolute atomic E-state index is 0.118. The molecular weight excluding hydrogens is 204 g/mol. The van der Waals surface area contributed by atoms with Crippen LogP contribution in [0.1, 0.15) is 6.92 Å². The zero-order valence-electron chi connectivity index (χ0n) is 8.10. The van der Waals surface area contributed by atoms with Gasteiger partial charge < -0.3 is 4.74 Å². The van der Waals surface area contributed by atoms with Crippen LogP contribution in [0.25, 0.3) is 0 Å². The van der Waals surface area contributed by atoms with Crippen molar-refractivity contribution in [1.82, 2.24) is 0 Å². The molecule has 0 aliphatic heterocycles. The molecule has 6 heteroatoms. The van der Waals surface area contributed by atoms with Gasteiger partial charge in [-0.3, -0.25) is 19.3 Å². The van der Waals surface area contributed by atoms with E-state index in [1.54, 1.807) is 6.11 Å². The van der Waals surface area contributed by atoms with Crippen molar-refractivity contribution in [2.24, 2.45) is 5.92 Å². The molecule has 0 rings (SSSR count). The van der Waals surface area contributed by atoms with E-state index >= 15 is 0 Å². The summed E-state index contributed by atoms with van der Waals surface area (Å²) < 4.78 is 4.55. The number of hydrogen-bond donors (Lipinski definition) is 0. The van der Waals surface area contributed by atoms with Crippen LogP contribution in [0.3, 0.4) is 0 Å². The highest BCUT2D eigenvalue weighted by atomic mass is 17.2. The minimum Gasteiger partial charge on any atom is -0.465 e. The normalized spacial score (nSPS) is 10.9. The molecule has 82 valence electrons. The Balaban J connectivity index is 4.07. The summed E-state index contributed by atoms with van der Waals surface area (Å²) in [5.41, 5.74) is 0. The van der Waals surface area contributed by atoms with Crippen molar-refractivity contribution in [3.05, 3.63) is 0 Å². The highest BCUT2D eigenvalue weighted by Crippen LogP contribution is 2.00. The van der Waals surface area contributed by atoms with Crippen molar-refractivity contribution in [3.63, 3.8) is 0 Å². The largest absolute Gasteiger partial charge is 0.465 e. The van der Waals surface area contributed by atoms with E-state index in [1.807, 2.05) is 0 Å². The van der Waals surface area contributed by atoms with E-state index in [0.717, 1.165) is 0 Å². The number of Topliss-reactive ketones (excluding diaryl/α,β-unsaturated/α-hetero) is 1. The lowest BCUT2D eigenvalue weighted by molar-refractivity contribution is -0.245. The van der Waals surface area contributed by atoms with E-state index in [0.29, 0.717) is 0 Å². The van der Waals surface area contributed by atoms with Gasteiger partial charge in [0.05, 0.1) is 5.92 Å². The van der Waals surface area contributed by atoms with Gasteiger partial charge in [0.15, 0.2) is 12.4 Å². The lowest BCUT2D eigenvalue weighted by atomic mass is 10.1. The number of aldehydes is 1. The van der Waals surface area contributed by atoms with Gasteiger partial charge in [0.25, 0.3) is 0 Å². The maximum atomic E-state index is 11.0. The standard InChI is InChI=1S/C9H10O6/c1-3-14-15-6-8(9(12)4-10)5-13-7(2)11/h1,4,8H,5-6H2,2H3. The zero-order valence-corrected chi connectivity index (χ0v) is 8.10. The molecule has 0 aliphatic carbocycles. The van der Waals surface area contributed by atoms with Gasteiger partial charge in [-0.25, -0.2) is 0 Å². The summed E-state index contributed by atoms with van der Waals surface area (Å²) in [6, 6.07) is 0. The van der Waals surface area contributed by atoms with Crippen LogP contribution in [0.15, 0.2) is 0 Å². The van der Waals surface area contributed by atoms with Gasteiger partial charge in [0, 0.05) is 6.92 Å². The average Bonchev–Trinajstić information content (AvgIpc) is 2.21. The Hall–Kier alpha value is -1.87. The molecule has 1 atom stereocenters. The molecule has 0 saturated heterocycles. The lowest BCUT2D eigenvalue weighted by Crippen LogP contribution is -2.27. The highest BCUT2D eigenvalue weighted by Gasteiger charge is 2.20. The molecule has 0 radical (unpaired) electrons. The maximum absolute atomic E-state index is 11.0.